The molecule has 0 aliphatic carbocycles. The summed E-state index contributed by atoms with van der Waals surface area (Å²) in [6, 6.07) is 5.93. The number of aliphatic hydroxyl groups excluding tert-OH is 1. The number of aromatic nitrogens is 2. The quantitative estimate of drug-likeness (QED) is 0.907. The number of hydrogen-bond acceptors (Lipinski definition) is 6. The zero-order chi connectivity index (χ0) is 17.2. The van der Waals surface area contributed by atoms with Crippen molar-refractivity contribution in [2.75, 3.05) is 26.9 Å². The number of fused-ring (bicyclic) bond motifs is 2. The molecule has 3 heterocycles. The van der Waals surface area contributed by atoms with Gasteiger partial charge in [0.05, 0.1) is 44.9 Å². The van der Waals surface area contributed by atoms with E-state index in [-0.39, 0.29) is 6.61 Å². The molecule has 1 aromatic heterocycles. The van der Waals surface area contributed by atoms with Crippen LogP contribution in [0.5, 0.6) is 17.2 Å². The van der Waals surface area contributed by atoms with E-state index in [1.54, 1.807) is 7.11 Å². The second kappa shape index (κ2) is 6.93. The Bertz CT molecular complexity index is 759. The van der Waals surface area contributed by atoms with Crippen molar-refractivity contribution < 1.29 is 19.3 Å². The number of methoxy groups -OCH3 is 1. The average molecular weight is 345 g/mol. The summed E-state index contributed by atoms with van der Waals surface area (Å²) in [7, 11) is 1.68. The third-order valence-corrected chi connectivity index (χ3v) is 4.63. The van der Waals surface area contributed by atoms with Gasteiger partial charge in [0.15, 0.2) is 11.5 Å². The first-order chi connectivity index (χ1) is 12.3. The van der Waals surface area contributed by atoms with Crippen LogP contribution < -0.4 is 14.2 Å². The molecule has 0 amide bonds. The molecular weight excluding hydrogens is 322 g/mol. The molecule has 0 saturated heterocycles. The topological polar surface area (TPSA) is 69.0 Å². The van der Waals surface area contributed by atoms with E-state index in [9.17, 15) is 5.11 Å². The highest BCUT2D eigenvalue weighted by Gasteiger charge is 2.21. The Morgan fingerprint density at radius 2 is 1.96 bits per heavy atom. The zero-order valence-corrected chi connectivity index (χ0v) is 14.4. The third kappa shape index (κ3) is 3.29. The molecule has 0 radical (unpaired) electrons. The van der Waals surface area contributed by atoms with Crippen molar-refractivity contribution in [3.63, 3.8) is 0 Å². The number of hydrogen-bond donors (Lipinski definition) is 1. The van der Waals surface area contributed by atoms with Gasteiger partial charge < -0.3 is 19.3 Å². The average Bonchev–Trinajstić information content (AvgIpc) is 2.91. The minimum Gasteiger partial charge on any atom is -0.496 e. The highest BCUT2D eigenvalue weighted by molar-refractivity contribution is 5.51. The Morgan fingerprint density at radius 1 is 1.16 bits per heavy atom. The summed E-state index contributed by atoms with van der Waals surface area (Å²) in [6.45, 7) is 4.60. The van der Waals surface area contributed by atoms with Crippen molar-refractivity contribution in [3.05, 3.63) is 35.2 Å². The summed E-state index contributed by atoms with van der Waals surface area (Å²) in [5.74, 6) is 2.36. The number of rotatable bonds is 4. The normalized spacial score (nSPS) is 17.0. The fraction of sp³-hybridized carbons (Fsp3) is 0.500. The van der Waals surface area contributed by atoms with Gasteiger partial charge in [-0.25, -0.2) is 0 Å². The molecule has 0 spiro atoms. The predicted molar refractivity (Wildman–Crippen MR) is 90.9 cm³/mol. The fourth-order valence-electron chi connectivity index (χ4n) is 3.38. The van der Waals surface area contributed by atoms with Gasteiger partial charge in [0, 0.05) is 37.7 Å². The highest BCUT2D eigenvalue weighted by Crippen LogP contribution is 2.37. The molecule has 2 aromatic rings. The van der Waals surface area contributed by atoms with Gasteiger partial charge in [-0.3, -0.25) is 9.58 Å². The van der Waals surface area contributed by atoms with Gasteiger partial charge in [0.1, 0.15) is 5.75 Å². The molecule has 4 rings (SSSR count). The fourth-order valence-corrected chi connectivity index (χ4v) is 3.38. The lowest BCUT2D eigenvalue weighted by molar-refractivity contribution is 0.201. The first-order valence-electron chi connectivity index (χ1n) is 8.62. The van der Waals surface area contributed by atoms with Crippen LogP contribution in [0.2, 0.25) is 0 Å². The molecule has 0 saturated carbocycles. The minimum atomic E-state index is -0.0179. The van der Waals surface area contributed by atoms with E-state index in [1.165, 1.54) is 0 Å². The minimum absolute atomic E-state index is 0.0179. The molecule has 0 fully saturated rings. The Kier molecular flexibility index (Phi) is 4.50. The van der Waals surface area contributed by atoms with Gasteiger partial charge in [-0.15, -0.1) is 0 Å². The van der Waals surface area contributed by atoms with Crippen LogP contribution in [-0.2, 0) is 26.2 Å². The summed E-state index contributed by atoms with van der Waals surface area (Å²) < 4.78 is 19.1. The van der Waals surface area contributed by atoms with E-state index >= 15 is 0 Å². The molecular formula is C18H23N3O4. The summed E-state index contributed by atoms with van der Waals surface area (Å²) in [5.41, 5.74) is 2.94. The maximum absolute atomic E-state index is 9.26. The van der Waals surface area contributed by atoms with Crippen molar-refractivity contribution in [2.45, 2.75) is 32.7 Å². The number of nitrogens with zero attached hydrogens (tertiary/aromatic N) is 3. The lowest BCUT2D eigenvalue weighted by Gasteiger charge is -2.28. The standard InChI is InChI=1S/C18H23N3O4/c1-23-16-9-18-17(24-5-2-6-25-18)7-13(16)10-20-3-4-21-15(11-20)8-14(12-22)19-21/h7-9,22H,2-6,10-12H2,1H3. The summed E-state index contributed by atoms with van der Waals surface area (Å²) in [5, 5.41) is 13.7. The summed E-state index contributed by atoms with van der Waals surface area (Å²) >= 11 is 0. The van der Waals surface area contributed by atoms with Crippen LogP contribution in [0.15, 0.2) is 18.2 Å². The molecule has 0 atom stereocenters. The van der Waals surface area contributed by atoms with Gasteiger partial charge in [0.25, 0.3) is 0 Å². The SMILES string of the molecule is COc1cc2c(cc1CN1CCn3nc(CO)cc3C1)OCCCO2. The largest absolute Gasteiger partial charge is 0.496 e. The third-order valence-electron chi connectivity index (χ3n) is 4.63. The molecule has 2 aliphatic heterocycles. The molecule has 0 bridgehead atoms. The Hall–Kier alpha value is -2.25. The summed E-state index contributed by atoms with van der Waals surface area (Å²) in [4.78, 5) is 2.35. The van der Waals surface area contributed by atoms with E-state index < -0.39 is 0 Å². The molecule has 7 heteroatoms. The lowest BCUT2D eigenvalue weighted by atomic mass is 10.1. The van der Waals surface area contributed by atoms with Crippen molar-refractivity contribution >= 4 is 0 Å². The number of ether oxygens (including phenoxy) is 3. The molecule has 1 aromatic carbocycles. The number of benzene rings is 1. The van der Waals surface area contributed by atoms with Crippen LogP contribution >= 0.6 is 0 Å². The second-order valence-electron chi connectivity index (χ2n) is 6.38. The lowest BCUT2D eigenvalue weighted by Crippen LogP contribution is -2.33. The Labute approximate surface area is 146 Å². The molecule has 1 N–H and O–H groups in total. The van der Waals surface area contributed by atoms with Crippen molar-refractivity contribution in [2.24, 2.45) is 0 Å². The van der Waals surface area contributed by atoms with E-state index in [1.807, 2.05) is 22.9 Å². The number of aliphatic hydroxyl groups is 1. The van der Waals surface area contributed by atoms with E-state index in [0.717, 1.165) is 66.8 Å². The second-order valence-corrected chi connectivity index (χ2v) is 6.38. The Morgan fingerprint density at radius 3 is 2.72 bits per heavy atom. The molecule has 2 aliphatic rings. The maximum atomic E-state index is 9.26. The maximum Gasteiger partial charge on any atom is 0.164 e. The van der Waals surface area contributed by atoms with Crippen molar-refractivity contribution in [1.29, 1.82) is 0 Å². The molecule has 7 nitrogen and oxygen atoms in total. The highest BCUT2D eigenvalue weighted by atomic mass is 16.5. The van der Waals surface area contributed by atoms with Crippen molar-refractivity contribution in [1.82, 2.24) is 14.7 Å². The van der Waals surface area contributed by atoms with Crippen molar-refractivity contribution in [3.8, 4) is 17.2 Å². The summed E-state index contributed by atoms with van der Waals surface area (Å²) in [6.07, 6.45) is 0.885. The first-order valence-corrected chi connectivity index (χ1v) is 8.62. The van der Waals surface area contributed by atoms with E-state index in [4.69, 9.17) is 14.2 Å². The van der Waals surface area contributed by atoms with E-state index in [0.29, 0.717) is 13.2 Å². The Balaban J connectivity index is 1.55. The van der Waals surface area contributed by atoms with Crippen LogP contribution in [0.25, 0.3) is 0 Å². The van der Waals surface area contributed by atoms with Crippen LogP contribution in [0.3, 0.4) is 0 Å². The van der Waals surface area contributed by atoms with Crippen LogP contribution in [0.1, 0.15) is 23.4 Å². The van der Waals surface area contributed by atoms with Gasteiger partial charge in [0.2, 0.25) is 0 Å². The van der Waals surface area contributed by atoms with E-state index in [2.05, 4.69) is 10.00 Å². The zero-order valence-electron chi connectivity index (χ0n) is 14.4. The van der Waals surface area contributed by atoms with Gasteiger partial charge in [-0.2, -0.15) is 5.10 Å². The van der Waals surface area contributed by atoms with Gasteiger partial charge >= 0.3 is 0 Å². The van der Waals surface area contributed by atoms with Gasteiger partial charge in [-0.1, -0.05) is 0 Å². The van der Waals surface area contributed by atoms with Crippen LogP contribution in [0, 0.1) is 0 Å². The predicted octanol–water partition coefficient (Wildman–Crippen LogP) is 1.56. The molecule has 0 unspecified atom stereocenters. The molecule has 134 valence electrons. The van der Waals surface area contributed by atoms with Gasteiger partial charge in [-0.05, 0) is 12.1 Å². The van der Waals surface area contributed by atoms with Crippen LogP contribution in [-0.4, -0.2) is 46.7 Å². The first kappa shape index (κ1) is 16.2. The molecule has 25 heavy (non-hydrogen) atoms. The van der Waals surface area contributed by atoms with Crippen LogP contribution in [0.4, 0.5) is 0 Å². The smallest absolute Gasteiger partial charge is 0.164 e. The monoisotopic (exact) mass is 345 g/mol.